The van der Waals surface area contributed by atoms with Crippen LogP contribution in [0.15, 0.2) is 18.2 Å². The van der Waals surface area contributed by atoms with Gasteiger partial charge in [0.2, 0.25) is 0 Å². The van der Waals surface area contributed by atoms with Gasteiger partial charge in [-0.25, -0.2) is 0 Å². The second-order valence-electron chi connectivity index (χ2n) is 4.96. The number of benzene rings is 1. The molecule has 3 N–H and O–H groups in total. The summed E-state index contributed by atoms with van der Waals surface area (Å²) in [4.78, 5) is 12.0. The van der Waals surface area contributed by atoms with Crippen LogP contribution < -0.4 is 11.1 Å². The fourth-order valence-corrected chi connectivity index (χ4v) is 1.99. The van der Waals surface area contributed by atoms with E-state index in [4.69, 9.17) is 5.73 Å². The lowest BCUT2D eigenvalue weighted by molar-refractivity contribution is 0.0949. The van der Waals surface area contributed by atoms with Crippen LogP contribution in [-0.4, -0.2) is 18.5 Å². The van der Waals surface area contributed by atoms with Gasteiger partial charge >= 0.3 is 0 Å². The SMILES string of the molecule is Cc1cccc(C(=O)NCC(N)C2CC2)c1C.Cl. The number of hydrogen-bond acceptors (Lipinski definition) is 2. The molecule has 0 saturated heterocycles. The zero-order valence-electron chi connectivity index (χ0n) is 10.9. The number of aryl methyl sites for hydroxylation is 1. The van der Waals surface area contributed by atoms with Crippen LogP contribution in [0.4, 0.5) is 0 Å². The van der Waals surface area contributed by atoms with Crippen LogP contribution >= 0.6 is 12.4 Å². The normalized spacial score (nSPS) is 15.7. The Balaban J connectivity index is 0.00000162. The Bertz CT molecular complexity index is 430. The molecule has 0 aromatic heterocycles. The molecule has 100 valence electrons. The van der Waals surface area contributed by atoms with E-state index in [0.717, 1.165) is 16.7 Å². The number of rotatable bonds is 4. The quantitative estimate of drug-likeness (QED) is 0.880. The lowest BCUT2D eigenvalue weighted by Crippen LogP contribution is -2.38. The molecule has 2 rings (SSSR count). The molecule has 1 aromatic rings. The summed E-state index contributed by atoms with van der Waals surface area (Å²) in [6, 6.07) is 5.91. The Morgan fingerprint density at radius 3 is 2.72 bits per heavy atom. The summed E-state index contributed by atoms with van der Waals surface area (Å²) in [5, 5.41) is 2.92. The van der Waals surface area contributed by atoms with Crippen LogP contribution in [0.3, 0.4) is 0 Å². The van der Waals surface area contributed by atoms with Gasteiger partial charge < -0.3 is 11.1 Å². The molecule has 1 fully saturated rings. The zero-order chi connectivity index (χ0) is 12.4. The fourth-order valence-electron chi connectivity index (χ4n) is 1.99. The molecule has 0 spiro atoms. The molecule has 0 aliphatic heterocycles. The second-order valence-corrected chi connectivity index (χ2v) is 4.96. The van der Waals surface area contributed by atoms with Crippen LogP contribution in [0.2, 0.25) is 0 Å². The van der Waals surface area contributed by atoms with Crippen molar-refractivity contribution in [3.05, 3.63) is 34.9 Å². The molecule has 4 heteroatoms. The van der Waals surface area contributed by atoms with Crippen molar-refractivity contribution in [1.29, 1.82) is 0 Å². The van der Waals surface area contributed by atoms with Crippen LogP contribution in [0, 0.1) is 19.8 Å². The summed E-state index contributed by atoms with van der Waals surface area (Å²) in [7, 11) is 0. The molecule has 18 heavy (non-hydrogen) atoms. The predicted octanol–water partition coefficient (Wildman–Crippen LogP) is 2.19. The summed E-state index contributed by atoms with van der Waals surface area (Å²) in [5.74, 6) is 0.608. The van der Waals surface area contributed by atoms with Gasteiger partial charge in [0.15, 0.2) is 0 Å². The predicted molar refractivity (Wildman–Crippen MR) is 76.2 cm³/mol. The average molecular weight is 269 g/mol. The van der Waals surface area contributed by atoms with Gasteiger partial charge in [-0.1, -0.05) is 12.1 Å². The van der Waals surface area contributed by atoms with Gasteiger partial charge in [0, 0.05) is 18.2 Å². The molecule has 1 aliphatic carbocycles. The first kappa shape index (κ1) is 15.0. The number of nitrogens with one attached hydrogen (secondary N) is 1. The molecular formula is C14H21ClN2O. The van der Waals surface area contributed by atoms with Crippen molar-refractivity contribution in [1.82, 2.24) is 5.32 Å². The van der Waals surface area contributed by atoms with Gasteiger partial charge in [-0.3, -0.25) is 4.79 Å². The van der Waals surface area contributed by atoms with Crippen LogP contribution in [0.1, 0.15) is 34.3 Å². The highest BCUT2D eigenvalue weighted by molar-refractivity contribution is 5.95. The Morgan fingerprint density at radius 2 is 2.11 bits per heavy atom. The van der Waals surface area contributed by atoms with E-state index in [2.05, 4.69) is 5.32 Å². The van der Waals surface area contributed by atoms with Crippen LogP contribution in [0.5, 0.6) is 0 Å². The zero-order valence-corrected chi connectivity index (χ0v) is 11.7. The maximum atomic E-state index is 12.0. The van der Waals surface area contributed by atoms with Crippen molar-refractivity contribution in [2.24, 2.45) is 11.7 Å². The number of halogens is 1. The monoisotopic (exact) mass is 268 g/mol. The fraction of sp³-hybridized carbons (Fsp3) is 0.500. The van der Waals surface area contributed by atoms with Gasteiger partial charge in [-0.2, -0.15) is 0 Å². The van der Waals surface area contributed by atoms with Crippen molar-refractivity contribution < 1.29 is 4.79 Å². The standard InChI is InChI=1S/C14H20N2O.ClH/c1-9-4-3-5-12(10(9)2)14(17)16-8-13(15)11-6-7-11;/h3-5,11,13H,6-8,15H2,1-2H3,(H,16,17);1H. The van der Waals surface area contributed by atoms with Gasteiger partial charge in [-0.05, 0) is 49.8 Å². The van der Waals surface area contributed by atoms with Gasteiger partial charge in [0.1, 0.15) is 0 Å². The number of carbonyl (C=O) groups excluding carboxylic acids is 1. The minimum atomic E-state index is -0.0118. The highest BCUT2D eigenvalue weighted by Crippen LogP contribution is 2.31. The maximum absolute atomic E-state index is 12.0. The molecule has 0 heterocycles. The molecule has 0 radical (unpaired) electrons. The Kier molecular flexibility index (Phi) is 5.17. The minimum Gasteiger partial charge on any atom is -0.350 e. The van der Waals surface area contributed by atoms with E-state index in [1.807, 2.05) is 32.0 Å². The van der Waals surface area contributed by atoms with E-state index >= 15 is 0 Å². The van der Waals surface area contributed by atoms with E-state index < -0.39 is 0 Å². The molecular weight excluding hydrogens is 248 g/mol. The lowest BCUT2D eigenvalue weighted by Gasteiger charge is -2.13. The first-order valence-corrected chi connectivity index (χ1v) is 6.19. The minimum absolute atomic E-state index is 0. The molecule has 1 atom stereocenters. The first-order valence-electron chi connectivity index (χ1n) is 6.19. The summed E-state index contributed by atoms with van der Waals surface area (Å²) >= 11 is 0. The smallest absolute Gasteiger partial charge is 0.251 e. The van der Waals surface area contributed by atoms with E-state index in [1.165, 1.54) is 12.8 Å². The lowest BCUT2D eigenvalue weighted by atomic mass is 10.0. The molecule has 1 unspecified atom stereocenters. The molecule has 1 aromatic carbocycles. The average Bonchev–Trinajstić information content (AvgIpc) is 3.13. The van der Waals surface area contributed by atoms with Crippen molar-refractivity contribution in [2.45, 2.75) is 32.7 Å². The molecule has 1 aliphatic rings. The summed E-state index contributed by atoms with van der Waals surface area (Å²) < 4.78 is 0. The maximum Gasteiger partial charge on any atom is 0.251 e. The molecule has 0 bridgehead atoms. The molecule has 1 amide bonds. The van der Waals surface area contributed by atoms with Crippen molar-refractivity contribution in [3.8, 4) is 0 Å². The van der Waals surface area contributed by atoms with Crippen LogP contribution in [0.25, 0.3) is 0 Å². The third-order valence-corrected chi connectivity index (χ3v) is 3.58. The summed E-state index contributed by atoms with van der Waals surface area (Å²) in [6.45, 7) is 4.57. The van der Waals surface area contributed by atoms with E-state index in [1.54, 1.807) is 0 Å². The third-order valence-electron chi connectivity index (χ3n) is 3.58. The van der Waals surface area contributed by atoms with Crippen molar-refractivity contribution in [2.75, 3.05) is 6.54 Å². The van der Waals surface area contributed by atoms with E-state index in [9.17, 15) is 4.79 Å². The van der Waals surface area contributed by atoms with Gasteiger partial charge in [-0.15, -0.1) is 12.4 Å². The Morgan fingerprint density at radius 1 is 1.44 bits per heavy atom. The molecule has 3 nitrogen and oxygen atoms in total. The Hall–Kier alpha value is -1.06. The van der Waals surface area contributed by atoms with Crippen molar-refractivity contribution >= 4 is 18.3 Å². The Labute approximate surface area is 115 Å². The van der Waals surface area contributed by atoms with Gasteiger partial charge in [0.05, 0.1) is 0 Å². The number of nitrogens with two attached hydrogens (primary N) is 1. The highest BCUT2D eigenvalue weighted by Gasteiger charge is 2.28. The number of carbonyl (C=O) groups is 1. The highest BCUT2D eigenvalue weighted by atomic mass is 35.5. The number of amides is 1. The van der Waals surface area contributed by atoms with Crippen LogP contribution in [-0.2, 0) is 0 Å². The second kappa shape index (κ2) is 6.21. The van der Waals surface area contributed by atoms with E-state index in [0.29, 0.717) is 12.5 Å². The third kappa shape index (κ3) is 3.47. The largest absolute Gasteiger partial charge is 0.350 e. The summed E-state index contributed by atoms with van der Waals surface area (Å²) in [6.07, 6.45) is 2.42. The first-order chi connectivity index (χ1) is 8.09. The van der Waals surface area contributed by atoms with Crippen molar-refractivity contribution in [3.63, 3.8) is 0 Å². The van der Waals surface area contributed by atoms with E-state index in [-0.39, 0.29) is 24.4 Å². The molecule has 1 saturated carbocycles. The van der Waals surface area contributed by atoms with Gasteiger partial charge in [0.25, 0.3) is 5.91 Å². The summed E-state index contributed by atoms with van der Waals surface area (Å²) in [5.41, 5.74) is 8.91. The topological polar surface area (TPSA) is 55.1 Å². The number of hydrogen-bond donors (Lipinski definition) is 2.